The van der Waals surface area contributed by atoms with Crippen LogP contribution in [0, 0.1) is 0 Å². The molecule has 1 aliphatic heterocycles. The van der Waals surface area contributed by atoms with E-state index in [1.54, 1.807) is 28.5 Å². The number of imide groups is 1. The molecule has 0 aromatic rings. The number of rotatable bonds is 7. The normalized spacial score (nSPS) is 21.4. The number of carbonyl (C=O) groups is 2. The quantitative estimate of drug-likeness (QED) is 0.483. The molecule has 6 nitrogen and oxygen atoms in total. The molecule has 0 aliphatic carbocycles. The van der Waals surface area contributed by atoms with Gasteiger partial charge in [-0.15, -0.1) is 0 Å². The first kappa shape index (κ1) is 18.6. The van der Waals surface area contributed by atoms with Crippen molar-refractivity contribution in [3.8, 4) is 0 Å². The van der Waals surface area contributed by atoms with Crippen LogP contribution in [0.4, 0.5) is 4.79 Å². The molecule has 1 saturated heterocycles. The minimum atomic E-state index is -0.806. The fourth-order valence-electron chi connectivity index (χ4n) is 1.64. The van der Waals surface area contributed by atoms with Crippen LogP contribution in [-0.4, -0.2) is 47.0 Å². The number of alkyl carbamates (subject to hydrolysis) is 1. The average molecular weight is 336 g/mol. The molecule has 0 bridgehead atoms. The van der Waals surface area contributed by atoms with Gasteiger partial charge in [0, 0.05) is 12.2 Å². The van der Waals surface area contributed by atoms with E-state index in [0.29, 0.717) is 11.1 Å². The van der Waals surface area contributed by atoms with Gasteiger partial charge in [0.1, 0.15) is 6.10 Å². The van der Waals surface area contributed by atoms with Crippen LogP contribution >= 0.6 is 21.6 Å². The molecule has 1 rings (SSSR count). The van der Waals surface area contributed by atoms with Crippen LogP contribution in [0.2, 0.25) is 0 Å². The molecule has 0 radical (unpaired) electrons. The highest BCUT2D eigenvalue weighted by Crippen LogP contribution is 2.30. The molecule has 122 valence electrons. The standard InChI is InChI=1S/C13H24N2O4S2/c1-9(16)10(2)19-13(18)15-11(17)6-8-20-21-12-5-3-4-7-14-12/h9-10,12,14,16H,3-8H2,1-2H3,(H,15,17,18). The largest absolute Gasteiger partial charge is 0.443 e. The van der Waals surface area contributed by atoms with E-state index >= 15 is 0 Å². The van der Waals surface area contributed by atoms with Crippen LogP contribution in [-0.2, 0) is 9.53 Å². The van der Waals surface area contributed by atoms with E-state index in [-0.39, 0.29) is 12.3 Å². The summed E-state index contributed by atoms with van der Waals surface area (Å²) in [6, 6.07) is 0. The summed E-state index contributed by atoms with van der Waals surface area (Å²) in [5, 5.41) is 15.2. The predicted molar refractivity (Wildman–Crippen MR) is 86.1 cm³/mol. The third-order valence-corrected chi connectivity index (χ3v) is 5.82. The Kier molecular flexibility index (Phi) is 9.14. The summed E-state index contributed by atoms with van der Waals surface area (Å²) in [5.41, 5.74) is 0. The van der Waals surface area contributed by atoms with Gasteiger partial charge in [-0.2, -0.15) is 0 Å². The summed E-state index contributed by atoms with van der Waals surface area (Å²) in [7, 11) is 3.38. The predicted octanol–water partition coefficient (Wildman–Crippen LogP) is 1.88. The third kappa shape index (κ3) is 8.55. The number of carbonyl (C=O) groups excluding carboxylic acids is 2. The molecule has 8 heteroatoms. The van der Waals surface area contributed by atoms with Gasteiger partial charge in [-0.1, -0.05) is 21.6 Å². The Morgan fingerprint density at radius 1 is 1.43 bits per heavy atom. The second-order valence-corrected chi connectivity index (χ2v) is 7.70. The van der Waals surface area contributed by atoms with Gasteiger partial charge in [0.2, 0.25) is 5.91 Å². The number of ether oxygens (including phenoxy) is 1. The number of amides is 2. The smallest absolute Gasteiger partial charge is 0.414 e. The van der Waals surface area contributed by atoms with Crippen LogP contribution in [0.15, 0.2) is 0 Å². The molecule has 3 N–H and O–H groups in total. The molecule has 3 unspecified atom stereocenters. The molecule has 3 atom stereocenters. The summed E-state index contributed by atoms with van der Waals surface area (Å²) in [6.45, 7) is 4.15. The number of aliphatic hydroxyl groups is 1. The van der Waals surface area contributed by atoms with Crippen molar-refractivity contribution in [1.82, 2.24) is 10.6 Å². The fourth-order valence-corrected chi connectivity index (χ4v) is 4.14. The van der Waals surface area contributed by atoms with Crippen LogP contribution in [0.3, 0.4) is 0 Å². The molecule has 1 aliphatic rings. The van der Waals surface area contributed by atoms with Gasteiger partial charge in [-0.05, 0) is 39.7 Å². The highest BCUT2D eigenvalue weighted by atomic mass is 33.1. The Labute approximate surface area is 133 Å². The molecule has 1 heterocycles. The lowest BCUT2D eigenvalue weighted by atomic mass is 10.2. The second kappa shape index (κ2) is 10.3. The first-order valence-electron chi connectivity index (χ1n) is 7.19. The van der Waals surface area contributed by atoms with Gasteiger partial charge in [-0.25, -0.2) is 4.79 Å². The van der Waals surface area contributed by atoms with Gasteiger partial charge in [0.05, 0.1) is 11.5 Å². The van der Waals surface area contributed by atoms with Crippen molar-refractivity contribution < 1.29 is 19.4 Å². The zero-order valence-electron chi connectivity index (χ0n) is 12.5. The monoisotopic (exact) mass is 336 g/mol. The van der Waals surface area contributed by atoms with Crippen LogP contribution in [0.5, 0.6) is 0 Å². The van der Waals surface area contributed by atoms with Crippen molar-refractivity contribution in [2.45, 2.75) is 57.1 Å². The lowest BCUT2D eigenvalue weighted by molar-refractivity contribution is -0.120. The van der Waals surface area contributed by atoms with Gasteiger partial charge < -0.3 is 15.2 Å². The fraction of sp³-hybridized carbons (Fsp3) is 0.846. The van der Waals surface area contributed by atoms with E-state index in [0.717, 1.165) is 13.0 Å². The number of aliphatic hydroxyl groups excluding tert-OH is 1. The average Bonchev–Trinajstić information content (AvgIpc) is 2.44. The van der Waals surface area contributed by atoms with Gasteiger partial charge >= 0.3 is 6.09 Å². The lowest BCUT2D eigenvalue weighted by Crippen LogP contribution is -2.36. The third-order valence-electron chi connectivity index (χ3n) is 3.08. The van der Waals surface area contributed by atoms with Crippen molar-refractivity contribution in [2.24, 2.45) is 0 Å². The zero-order valence-corrected chi connectivity index (χ0v) is 14.1. The SMILES string of the molecule is CC(O)C(C)OC(=O)NC(=O)CCSSC1CCCCN1. The number of hydrogen-bond donors (Lipinski definition) is 3. The van der Waals surface area contributed by atoms with Crippen molar-refractivity contribution >= 4 is 33.6 Å². The van der Waals surface area contributed by atoms with Crippen LogP contribution in [0.25, 0.3) is 0 Å². The number of piperidine rings is 1. The molecule has 2 amide bonds. The molecule has 1 fully saturated rings. The van der Waals surface area contributed by atoms with E-state index in [1.807, 2.05) is 0 Å². The maximum absolute atomic E-state index is 11.5. The number of hydrogen-bond acceptors (Lipinski definition) is 7. The lowest BCUT2D eigenvalue weighted by Gasteiger charge is -2.21. The first-order chi connectivity index (χ1) is 9.99. The molecule has 0 spiro atoms. The Hall–Kier alpha value is -0.440. The van der Waals surface area contributed by atoms with Crippen molar-refractivity contribution in [3.05, 3.63) is 0 Å². The summed E-state index contributed by atoms with van der Waals surface area (Å²) in [6.07, 6.45) is 1.70. The van der Waals surface area contributed by atoms with E-state index in [4.69, 9.17) is 4.74 Å². The number of nitrogens with one attached hydrogen (secondary N) is 2. The topological polar surface area (TPSA) is 87.7 Å². The summed E-state index contributed by atoms with van der Waals surface area (Å²) >= 11 is 0. The maximum Gasteiger partial charge on any atom is 0.414 e. The molecular weight excluding hydrogens is 312 g/mol. The Balaban J connectivity index is 2.06. The Bertz CT molecular complexity index is 336. The summed E-state index contributed by atoms with van der Waals surface area (Å²) < 4.78 is 4.84. The van der Waals surface area contributed by atoms with E-state index in [2.05, 4.69) is 10.6 Å². The molecule has 0 aromatic carbocycles. The summed E-state index contributed by atoms with van der Waals surface area (Å²) in [4.78, 5) is 22.9. The minimum absolute atomic E-state index is 0.266. The molecular formula is C13H24N2O4S2. The van der Waals surface area contributed by atoms with E-state index < -0.39 is 18.3 Å². The van der Waals surface area contributed by atoms with Crippen LogP contribution in [0.1, 0.15) is 39.5 Å². The summed E-state index contributed by atoms with van der Waals surface area (Å²) in [5.74, 6) is 0.288. The van der Waals surface area contributed by atoms with E-state index in [9.17, 15) is 14.7 Å². The van der Waals surface area contributed by atoms with Crippen molar-refractivity contribution in [3.63, 3.8) is 0 Å². The molecule has 21 heavy (non-hydrogen) atoms. The van der Waals surface area contributed by atoms with E-state index in [1.165, 1.54) is 19.8 Å². The first-order valence-corrected chi connectivity index (χ1v) is 9.57. The highest BCUT2D eigenvalue weighted by molar-refractivity contribution is 8.76. The maximum atomic E-state index is 11.5. The molecule has 0 saturated carbocycles. The Morgan fingerprint density at radius 2 is 2.19 bits per heavy atom. The van der Waals surface area contributed by atoms with Crippen molar-refractivity contribution in [1.29, 1.82) is 0 Å². The Morgan fingerprint density at radius 3 is 2.81 bits per heavy atom. The van der Waals surface area contributed by atoms with Gasteiger partial charge in [0.25, 0.3) is 0 Å². The van der Waals surface area contributed by atoms with Gasteiger partial charge in [-0.3, -0.25) is 10.1 Å². The zero-order chi connectivity index (χ0) is 15.7. The van der Waals surface area contributed by atoms with Gasteiger partial charge in [0.15, 0.2) is 0 Å². The second-order valence-electron chi connectivity index (χ2n) is 5.01. The minimum Gasteiger partial charge on any atom is -0.443 e. The molecule has 0 aromatic heterocycles. The van der Waals surface area contributed by atoms with Crippen LogP contribution < -0.4 is 10.6 Å². The van der Waals surface area contributed by atoms with Crippen molar-refractivity contribution in [2.75, 3.05) is 12.3 Å². The highest BCUT2D eigenvalue weighted by Gasteiger charge is 2.17.